The number of fused-ring (bicyclic) bond motifs is 2. The van der Waals surface area contributed by atoms with E-state index in [0.29, 0.717) is 23.1 Å². The Bertz CT molecular complexity index is 1350. The summed E-state index contributed by atoms with van der Waals surface area (Å²) >= 11 is 0. The largest absolute Gasteiger partial charge is 0.368 e. The zero-order chi connectivity index (χ0) is 22.4. The fraction of sp³-hybridized carbons (Fsp3) is 0.417. The number of pyridine rings is 1. The van der Waals surface area contributed by atoms with Gasteiger partial charge in [-0.1, -0.05) is 6.92 Å². The third kappa shape index (κ3) is 3.64. The highest BCUT2D eigenvalue weighted by Crippen LogP contribution is 2.22. The highest BCUT2D eigenvalue weighted by Gasteiger charge is 2.20. The van der Waals surface area contributed by atoms with Crippen LogP contribution in [0.2, 0.25) is 0 Å². The van der Waals surface area contributed by atoms with Crippen molar-refractivity contribution in [1.82, 2.24) is 28.9 Å². The maximum absolute atomic E-state index is 13.0. The second-order valence-electron chi connectivity index (χ2n) is 8.75. The zero-order valence-corrected chi connectivity index (χ0v) is 19.1. The predicted octanol–water partition coefficient (Wildman–Crippen LogP) is 2.81. The first-order valence-electron chi connectivity index (χ1n) is 11.3. The Kier molecular flexibility index (Phi) is 5.17. The summed E-state index contributed by atoms with van der Waals surface area (Å²) in [4.78, 5) is 27.2. The molecule has 1 fully saturated rings. The number of hydrogen-bond acceptors (Lipinski definition) is 6. The van der Waals surface area contributed by atoms with Gasteiger partial charge >= 0.3 is 0 Å². The smallest absolute Gasteiger partial charge is 0.258 e. The van der Waals surface area contributed by atoms with Gasteiger partial charge in [-0.3, -0.25) is 19.1 Å². The van der Waals surface area contributed by atoms with E-state index in [1.807, 2.05) is 36.0 Å². The van der Waals surface area contributed by atoms with Crippen molar-refractivity contribution in [3.8, 4) is 11.4 Å². The topological polar surface area (TPSA) is 71.0 Å². The van der Waals surface area contributed by atoms with Crippen molar-refractivity contribution in [3.63, 3.8) is 0 Å². The zero-order valence-electron chi connectivity index (χ0n) is 19.1. The van der Waals surface area contributed by atoms with Gasteiger partial charge in [-0.15, -0.1) is 0 Å². The van der Waals surface area contributed by atoms with Crippen molar-refractivity contribution < 1.29 is 0 Å². The van der Waals surface area contributed by atoms with Crippen LogP contribution in [0.25, 0.3) is 22.6 Å². The van der Waals surface area contributed by atoms with Crippen LogP contribution in [0, 0.1) is 6.92 Å². The molecule has 0 atom stereocenters. The molecule has 1 aliphatic rings. The van der Waals surface area contributed by atoms with Crippen molar-refractivity contribution in [2.45, 2.75) is 40.2 Å². The van der Waals surface area contributed by atoms with Crippen LogP contribution in [0.4, 0.5) is 5.69 Å². The number of rotatable bonds is 4. The number of piperazine rings is 1. The van der Waals surface area contributed by atoms with E-state index in [0.717, 1.165) is 55.2 Å². The van der Waals surface area contributed by atoms with E-state index in [1.54, 1.807) is 10.5 Å². The molecule has 0 spiro atoms. The van der Waals surface area contributed by atoms with E-state index >= 15 is 0 Å². The first-order valence-corrected chi connectivity index (χ1v) is 11.3. The van der Waals surface area contributed by atoms with Crippen LogP contribution in [-0.2, 0) is 6.42 Å². The SMILES string of the molecule is CCc1nc(C)cn2nc(-c3cc(=O)n4cc(N5CCN(C(C)C)CC5)ccc4n3)cc12. The van der Waals surface area contributed by atoms with Crippen LogP contribution in [0.5, 0.6) is 0 Å². The van der Waals surface area contributed by atoms with E-state index in [-0.39, 0.29) is 5.56 Å². The molecule has 0 bridgehead atoms. The molecule has 8 heteroatoms. The molecule has 0 saturated carbocycles. The van der Waals surface area contributed by atoms with Crippen LogP contribution in [0.1, 0.15) is 32.2 Å². The summed E-state index contributed by atoms with van der Waals surface area (Å²) in [7, 11) is 0. The molecular weight excluding hydrogens is 402 g/mol. The monoisotopic (exact) mass is 431 g/mol. The summed E-state index contributed by atoms with van der Waals surface area (Å²) in [5.41, 5.74) is 5.69. The normalized spacial score (nSPS) is 15.3. The molecule has 0 N–H and O–H groups in total. The lowest BCUT2D eigenvalue weighted by Gasteiger charge is -2.38. The Labute approximate surface area is 187 Å². The average Bonchev–Trinajstić information content (AvgIpc) is 3.22. The van der Waals surface area contributed by atoms with Crippen molar-refractivity contribution in [1.29, 1.82) is 0 Å². The number of aryl methyl sites for hydroxylation is 2. The Morgan fingerprint density at radius 1 is 1.00 bits per heavy atom. The molecule has 0 radical (unpaired) electrons. The third-order valence-electron chi connectivity index (χ3n) is 6.30. The molecule has 0 aromatic carbocycles. The van der Waals surface area contributed by atoms with Gasteiger partial charge in [0.05, 0.1) is 34.5 Å². The third-order valence-corrected chi connectivity index (χ3v) is 6.30. The van der Waals surface area contributed by atoms with Crippen LogP contribution < -0.4 is 10.5 Å². The molecular formula is C24H29N7O. The first kappa shape index (κ1) is 20.6. The molecule has 32 heavy (non-hydrogen) atoms. The Hall–Kier alpha value is -3.26. The number of hydrogen-bond donors (Lipinski definition) is 0. The van der Waals surface area contributed by atoms with Gasteiger partial charge in [-0.25, -0.2) is 9.50 Å². The summed E-state index contributed by atoms with van der Waals surface area (Å²) < 4.78 is 3.46. The van der Waals surface area contributed by atoms with Gasteiger partial charge in [-0.05, 0) is 45.4 Å². The van der Waals surface area contributed by atoms with Crippen LogP contribution in [-0.4, -0.2) is 61.1 Å². The highest BCUT2D eigenvalue weighted by molar-refractivity contribution is 5.66. The first-order chi connectivity index (χ1) is 15.4. The molecule has 0 unspecified atom stereocenters. The van der Waals surface area contributed by atoms with Gasteiger partial charge < -0.3 is 4.90 Å². The molecule has 4 aromatic heterocycles. The average molecular weight is 432 g/mol. The van der Waals surface area contributed by atoms with Gasteiger partial charge in [0.25, 0.3) is 5.56 Å². The maximum atomic E-state index is 13.0. The van der Waals surface area contributed by atoms with Crippen molar-refractivity contribution >= 4 is 16.9 Å². The molecule has 5 heterocycles. The Morgan fingerprint density at radius 3 is 2.50 bits per heavy atom. The lowest BCUT2D eigenvalue weighted by Crippen LogP contribution is -2.49. The second kappa shape index (κ2) is 8.02. The lowest BCUT2D eigenvalue weighted by atomic mass is 10.2. The summed E-state index contributed by atoms with van der Waals surface area (Å²) in [6.45, 7) is 12.5. The van der Waals surface area contributed by atoms with Gasteiger partial charge in [0.2, 0.25) is 0 Å². The summed E-state index contributed by atoms with van der Waals surface area (Å²) in [5.74, 6) is 0. The van der Waals surface area contributed by atoms with Crippen molar-refractivity contribution in [2.24, 2.45) is 0 Å². The molecule has 1 aliphatic heterocycles. The fourth-order valence-electron chi connectivity index (χ4n) is 4.48. The second-order valence-corrected chi connectivity index (χ2v) is 8.75. The molecule has 166 valence electrons. The van der Waals surface area contributed by atoms with E-state index in [9.17, 15) is 4.79 Å². The molecule has 0 amide bonds. The van der Waals surface area contributed by atoms with E-state index in [2.05, 4.69) is 46.7 Å². The number of aromatic nitrogens is 5. The molecule has 0 aliphatic carbocycles. The Balaban J connectivity index is 1.49. The van der Waals surface area contributed by atoms with E-state index < -0.39 is 0 Å². The maximum Gasteiger partial charge on any atom is 0.258 e. The van der Waals surface area contributed by atoms with E-state index in [1.165, 1.54) is 0 Å². The van der Waals surface area contributed by atoms with Crippen LogP contribution in [0.3, 0.4) is 0 Å². The van der Waals surface area contributed by atoms with Gasteiger partial charge in [0.15, 0.2) is 0 Å². The van der Waals surface area contributed by atoms with Crippen molar-refractivity contribution in [2.75, 3.05) is 31.1 Å². The minimum Gasteiger partial charge on any atom is -0.368 e. The van der Waals surface area contributed by atoms with Gasteiger partial charge in [0.1, 0.15) is 11.3 Å². The predicted molar refractivity (Wildman–Crippen MR) is 126 cm³/mol. The quantitative estimate of drug-likeness (QED) is 0.495. The van der Waals surface area contributed by atoms with E-state index in [4.69, 9.17) is 4.98 Å². The lowest BCUT2D eigenvalue weighted by molar-refractivity contribution is 0.209. The number of nitrogens with zero attached hydrogens (tertiary/aromatic N) is 7. The molecule has 4 aromatic rings. The standard InChI is InChI=1S/C24H29N7O/c1-5-19-22-12-21(27-31(22)14-17(4)25-19)20-13-24(32)30-15-18(6-7-23(30)26-20)29-10-8-28(9-11-29)16(2)3/h6-7,12-16H,5,8-11H2,1-4H3. The minimum atomic E-state index is -0.102. The summed E-state index contributed by atoms with van der Waals surface area (Å²) in [5, 5.41) is 4.67. The van der Waals surface area contributed by atoms with Crippen LogP contribution >= 0.6 is 0 Å². The highest BCUT2D eigenvalue weighted by atomic mass is 16.1. The number of anilines is 1. The molecule has 8 nitrogen and oxygen atoms in total. The summed E-state index contributed by atoms with van der Waals surface area (Å²) in [6.07, 6.45) is 4.63. The Morgan fingerprint density at radius 2 is 1.78 bits per heavy atom. The van der Waals surface area contributed by atoms with Crippen molar-refractivity contribution in [3.05, 3.63) is 58.4 Å². The van der Waals surface area contributed by atoms with Crippen LogP contribution in [0.15, 0.2) is 41.5 Å². The fourth-order valence-corrected chi connectivity index (χ4v) is 4.48. The summed E-state index contributed by atoms with van der Waals surface area (Å²) in [6, 6.07) is 8.08. The van der Waals surface area contributed by atoms with Gasteiger partial charge in [-0.2, -0.15) is 5.10 Å². The molecule has 5 rings (SSSR count). The minimum absolute atomic E-state index is 0.102. The van der Waals surface area contributed by atoms with Gasteiger partial charge in [0, 0.05) is 44.5 Å². The molecule has 1 saturated heterocycles.